The van der Waals surface area contributed by atoms with Gasteiger partial charge in [0.05, 0.1) is 19.3 Å². The van der Waals surface area contributed by atoms with Gasteiger partial charge in [0.2, 0.25) is 11.8 Å². The third-order valence-corrected chi connectivity index (χ3v) is 4.43. The number of halogens is 3. The molecular formula is C18H17F3N2O3S. The van der Waals surface area contributed by atoms with Gasteiger partial charge in [-0.25, -0.2) is 13.2 Å². The monoisotopic (exact) mass is 398 g/mol. The Morgan fingerprint density at radius 1 is 1.00 bits per heavy atom. The first-order valence-electron chi connectivity index (χ1n) is 7.87. The number of carbonyl (C=O) groups excluding carboxylic acids is 2. The first-order chi connectivity index (χ1) is 12.9. The van der Waals surface area contributed by atoms with Gasteiger partial charge < -0.3 is 15.4 Å². The van der Waals surface area contributed by atoms with Crippen LogP contribution >= 0.6 is 11.8 Å². The third kappa shape index (κ3) is 6.21. The smallest absolute Gasteiger partial charge is 0.243 e. The number of nitrogens with one attached hydrogen (secondary N) is 2. The predicted octanol–water partition coefficient (Wildman–Crippen LogP) is 3.35. The highest BCUT2D eigenvalue weighted by atomic mass is 32.2. The van der Waals surface area contributed by atoms with Crippen LogP contribution in [0.3, 0.4) is 0 Å². The maximum absolute atomic E-state index is 13.5. The summed E-state index contributed by atoms with van der Waals surface area (Å²) in [6.45, 7) is -0.412. The minimum atomic E-state index is -1.67. The van der Waals surface area contributed by atoms with Crippen LogP contribution in [0.25, 0.3) is 0 Å². The summed E-state index contributed by atoms with van der Waals surface area (Å²) in [5.41, 5.74) is -0.497. The number of benzene rings is 2. The molecule has 2 aromatic carbocycles. The van der Waals surface area contributed by atoms with Gasteiger partial charge in [0, 0.05) is 17.1 Å². The Labute approximate surface area is 158 Å². The van der Waals surface area contributed by atoms with E-state index in [1.807, 2.05) is 24.3 Å². The summed E-state index contributed by atoms with van der Waals surface area (Å²) in [6, 6.07) is 8.95. The number of carbonyl (C=O) groups is 2. The van der Waals surface area contributed by atoms with E-state index in [0.29, 0.717) is 11.8 Å². The number of amides is 2. The molecule has 2 aromatic rings. The van der Waals surface area contributed by atoms with Gasteiger partial charge >= 0.3 is 0 Å². The summed E-state index contributed by atoms with van der Waals surface area (Å²) >= 11 is 1.47. The van der Waals surface area contributed by atoms with Crippen LogP contribution in [0.15, 0.2) is 41.3 Å². The fourth-order valence-corrected chi connectivity index (χ4v) is 2.87. The van der Waals surface area contributed by atoms with E-state index >= 15 is 0 Å². The van der Waals surface area contributed by atoms with Crippen molar-refractivity contribution in [2.24, 2.45) is 0 Å². The largest absolute Gasteiger partial charge is 0.497 e. The normalized spacial score (nSPS) is 10.4. The Bertz CT molecular complexity index is 816. The van der Waals surface area contributed by atoms with Crippen molar-refractivity contribution >= 4 is 29.3 Å². The minimum absolute atomic E-state index is 0.170. The van der Waals surface area contributed by atoms with Crippen molar-refractivity contribution < 1.29 is 27.5 Å². The van der Waals surface area contributed by atoms with Crippen molar-refractivity contribution in [2.45, 2.75) is 11.3 Å². The Morgan fingerprint density at radius 3 is 2.37 bits per heavy atom. The summed E-state index contributed by atoms with van der Waals surface area (Å²) < 4.78 is 44.5. The van der Waals surface area contributed by atoms with Crippen LogP contribution in [0.1, 0.15) is 6.42 Å². The number of methoxy groups -OCH3 is 1. The summed E-state index contributed by atoms with van der Waals surface area (Å²) in [5, 5.41) is 4.45. The van der Waals surface area contributed by atoms with E-state index in [-0.39, 0.29) is 12.3 Å². The van der Waals surface area contributed by atoms with Crippen molar-refractivity contribution in [2.75, 3.05) is 24.7 Å². The van der Waals surface area contributed by atoms with Crippen molar-refractivity contribution in [3.05, 3.63) is 53.8 Å². The lowest BCUT2D eigenvalue weighted by Gasteiger charge is -2.08. The van der Waals surface area contributed by atoms with Crippen LogP contribution in [0.5, 0.6) is 5.75 Å². The highest BCUT2D eigenvalue weighted by Crippen LogP contribution is 2.22. The van der Waals surface area contributed by atoms with Gasteiger partial charge in [-0.1, -0.05) is 0 Å². The highest BCUT2D eigenvalue weighted by molar-refractivity contribution is 7.99. The molecule has 2 N–H and O–H groups in total. The second-order valence-corrected chi connectivity index (χ2v) is 6.49. The first kappa shape index (κ1) is 20.6. The Morgan fingerprint density at radius 2 is 1.70 bits per heavy atom. The summed E-state index contributed by atoms with van der Waals surface area (Å²) in [4.78, 5) is 24.4. The van der Waals surface area contributed by atoms with Gasteiger partial charge in [-0.2, -0.15) is 0 Å². The number of rotatable bonds is 8. The molecule has 2 rings (SSSR count). The van der Waals surface area contributed by atoms with Gasteiger partial charge in [0.25, 0.3) is 0 Å². The lowest BCUT2D eigenvalue weighted by molar-refractivity contribution is -0.123. The standard InChI is InChI=1S/C18H17F3N2O3S/c1-26-11-2-4-12(5-3-11)27-9-8-15(24)22-10-16(25)23-14-7-6-13(19)17(20)18(14)21/h2-7H,8-10H2,1H3,(H,22,24)(H,23,25). The molecule has 5 nitrogen and oxygen atoms in total. The van der Waals surface area contributed by atoms with Crippen LogP contribution in [-0.4, -0.2) is 31.2 Å². The molecule has 0 atom stereocenters. The molecule has 9 heteroatoms. The molecule has 144 valence electrons. The first-order valence-corrected chi connectivity index (χ1v) is 8.86. The Hall–Kier alpha value is -2.68. The average molecular weight is 398 g/mol. The fraction of sp³-hybridized carbons (Fsp3) is 0.222. The van der Waals surface area contributed by atoms with Crippen LogP contribution in [0, 0.1) is 17.5 Å². The average Bonchev–Trinajstić information content (AvgIpc) is 2.67. The van der Waals surface area contributed by atoms with Crippen LogP contribution < -0.4 is 15.4 Å². The van der Waals surface area contributed by atoms with E-state index in [9.17, 15) is 22.8 Å². The number of hydrogen-bond acceptors (Lipinski definition) is 4. The lowest BCUT2D eigenvalue weighted by atomic mass is 10.2. The minimum Gasteiger partial charge on any atom is -0.497 e. The maximum atomic E-state index is 13.5. The van der Waals surface area contributed by atoms with Crippen LogP contribution in [-0.2, 0) is 9.59 Å². The van der Waals surface area contributed by atoms with Gasteiger partial charge in [-0.05, 0) is 36.4 Å². The molecule has 0 radical (unpaired) electrons. The predicted molar refractivity (Wildman–Crippen MR) is 96.3 cm³/mol. The molecule has 0 fully saturated rings. The molecule has 0 aliphatic rings. The molecule has 0 heterocycles. The van der Waals surface area contributed by atoms with Gasteiger partial charge in [0.15, 0.2) is 17.5 Å². The third-order valence-electron chi connectivity index (χ3n) is 3.41. The summed E-state index contributed by atoms with van der Waals surface area (Å²) in [7, 11) is 1.57. The van der Waals surface area contributed by atoms with E-state index in [1.165, 1.54) is 11.8 Å². The van der Waals surface area contributed by atoms with Crippen molar-refractivity contribution in [3.63, 3.8) is 0 Å². The molecule has 0 bridgehead atoms. The molecular weight excluding hydrogens is 381 g/mol. The molecule has 0 spiro atoms. The molecule has 0 unspecified atom stereocenters. The topological polar surface area (TPSA) is 67.4 Å². The number of ether oxygens (including phenoxy) is 1. The summed E-state index contributed by atoms with van der Waals surface area (Å²) in [5.74, 6) is -4.41. The van der Waals surface area contributed by atoms with E-state index < -0.39 is 35.6 Å². The Balaban J connectivity index is 1.71. The number of thioether (sulfide) groups is 1. The quantitative estimate of drug-likeness (QED) is 0.529. The van der Waals surface area contributed by atoms with Gasteiger partial charge in [-0.15, -0.1) is 11.8 Å². The van der Waals surface area contributed by atoms with Gasteiger partial charge in [-0.3, -0.25) is 9.59 Å². The van der Waals surface area contributed by atoms with E-state index in [4.69, 9.17) is 4.74 Å². The van der Waals surface area contributed by atoms with Gasteiger partial charge in [0.1, 0.15) is 5.75 Å². The van der Waals surface area contributed by atoms with E-state index in [1.54, 1.807) is 7.11 Å². The van der Waals surface area contributed by atoms with Crippen LogP contribution in [0.4, 0.5) is 18.9 Å². The second-order valence-electron chi connectivity index (χ2n) is 5.32. The molecule has 27 heavy (non-hydrogen) atoms. The van der Waals surface area contributed by atoms with Crippen molar-refractivity contribution in [3.8, 4) is 5.75 Å². The SMILES string of the molecule is COc1ccc(SCCC(=O)NCC(=O)Nc2ccc(F)c(F)c2F)cc1. The van der Waals surface area contributed by atoms with E-state index in [0.717, 1.165) is 16.7 Å². The second kappa shape index (κ2) is 9.86. The zero-order chi connectivity index (χ0) is 19.8. The van der Waals surface area contributed by atoms with E-state index in [2.05, 4.69) is 10.6 Å². The maximum Gasteiger partial charge on any atom is 0.243 e. The number of anilines is 1. The molecule has 0 aliphatic heterocycles. The lowest BCUT2D eigenvalue weighted by Crippen LogP contribution is -2.33. The Kier molecular flexibility index (Phi) is 7.54. The van der Waals surface area contributed by atoms with Crippen LogP contribution in [0.2, 0.25) is 0 Å². The molecule has 0 aliphatic carbocycles. The highest BCUT2D eigenvalue weighted by Gasteiger charge is 2.15. The molecule has 0 saturated heterocycles. The zero-order valence-electron chi connectivity index (χ0n) is 14.4. The number of hydrogen-bond donors (Lipinski definition) is 2. The molecule has 0 aromatic heterocycles. The fourth-order valence-electron chi connectivity index (χ4n) is 2.02. The zero-order valence-corrected chi connectivity index (χ0v) is 15.2. The summed E-state index contributed by atoms with van der Waals surface area (Å²) in [6.07, 6.45) is 0.170. The van der Waals surface area contributed by atoms with Crippen molar-refractivity contribution in [1.82, 2.24) is 5.32 Å². The van der Waals surface area contributed by atoms with Crippen molar-refractivity contribution in [1.29, 1.82) is 0 Å². The molecule has 0 saturated carbocycles. The molecule has 2 amide bonds.